The van der Waals surface area contributed by atoms with E-state index in [2.05, 4.69) is 19.2 Å². The van der Waals surface area contributed by atoms with Gasteiger partial charge in [0.15, 0.2) is 0 Å². The van der Waals surface area contributed by atoms with Crippen LogP contribution in [0.4, 0.5) is 0 Å². The van der Waals surface area contributed by atoms with Crippen molar-refractivity contribution in [2.75, 3.05) is 6.54 Å². The number of hydrogen-bond acceptors (Lipinski definition) is 3. The molecule has 1 aliphatic carbocycles. The van der Waals surface area contributed by atoms with Gasteiger partial charge in [-0.15, -0.1) is 0 Å². The quantitative estimate of drug-likeness (QED) is 0.687. The Labute approximate surface area is 99.3 Å². The van der Waals surface area contributed by atoms with Gasteiger partial charge >= 0.3 is 0 Å². The Hall–Kier alpha value is -0.120. The van der Waals surface area contributed by atoms with E-state index in [0.717, 1.165) is 25.7 Å². The van der Waals surface area contributed by atoms with E-state index in [1.807, 2.05) is 6.92 Å². The first-order valence-corrected chi connectivity index (χ1v) is 6.38. The first-order chi connectivity index (χ1) is 7.24. The molecule has 0 amide bonds. The molecule has 2 atom stereocenters. The molecule has 2 unspecified atom stereocenters. The number of aliphatic hydroxyl groups excluding tert-OH is 1. The van der Waals surface area contributed by atoms with Gasteiger partial charge in [0.25, 0.3) is 0 Å². The van der Waals surface area contributed by atoms with Crippen molar-refractivity contribution in [3.8, 4) is 0 Å². The van der Waals surface area contributed by atoms with Crippen LogP contribution in [0, 0.1) is 5.41 Å². The van der Waals surface area contributed by atoms with E-state index in [1.165, 1.54) is 0 Å². The lowest BCUT2D eigenvalue weighted by atomic mass is 9.71. The van der Waals surface area contributed by atoms with Crippen LogP contribution < -0.4 is 5.32 Å². The summed E-state index contributed by atoms with van der Waals surface area (Å²) in [6.45, 7) is 8.83. The molecule has 1 saturated carbocycles. The Morgan fingerprint density at radius 1 is 1.12 bits per heavy atom. The highest BCUT2D eigenvalue weighted by Gasteiger charge is 2.36. The zero-order valence-electron chi connectivity index (χ0n) is 11.1. The minimum atomic E-state index is -0.571. The van der Waals surface area contributed by atoms with Crippen LogP contribution in [0.2, 0.25) is 0 Å². The van der Waals surface area contributed by atoms with Gasteiger partial charge in [-0.3, -0.25) is 0 Å². The SMILES string of the molecule is CC(O)C(C)NCC1(O)CCC(C)(C)CC1. The Bertz CT molecular complexity index is 216. The Morgan fingerprint density at radius 3 is 2.06 bits per heavy atom. The molecule has 16 heavy (non-hydrogen) atoms. The topological polar surface area (TPSA) is 52.5 Å². The number of hydrogen-bond donors (Lipinski definition) is 3. The van der Waals surface area contributed by atoms with Crippen molar-refractivity contribution in [3.05, 3.63) is 0 Å². The highest BCUT2D eigenvalue weighted by Crippen LogP contribution is 2.39. The van der Waals surface area contributed by atoms with Gasteiger partial charge in [0.2, 0.25) is 0 Å². The molecule has 1 rings (SSSR count). The second-order valence-electron chi connectivity index (χ2n) is 6.30. The fraction of sp³-hybridized carbons (Fsp3) is 1.00. The van der Waals surface area contributed by atoms with E-state index in [0.29, 0.717) is 12.0 Å². The Morgan fingerprint density at radius 2 is 1.62 bits per heavy atom. The van der Waals surface area contributed by atoms with Gasteiger partial charge < -0.3 is 15.5 Å². The number of rotatable bonds is 4. The molecule has 3 nitrogen and oxygen atoms in total. The summed E-state index contributed by atoms with van der Waals surface area (Å²) in [4.78, 5) is 0. The summed E-state index contributed by atoms with van der Waals surface area (Å²) in [6, 6.07) is 0.0407. The van der Waals surface area contributed by atoms with Crippen molar-refractivity contribution in [2.45, 2.75) is 71.1 Å². The lowest BCUT2D eigenvalue weighted by Crippen LogP contribution is -2.49. The minimum absolute atomic E-state index is 0.0407. The summed E-state index contributed by atoms with van der Waals surface area (Å²) in [5.41, 5.74) is -0.194. The van der Waals surface area contributed by atoms with Gasteiger partial charge in [-0.05, 0) is 44.9 Å². The van der Waals surface area contributed by atoms with Gasteiger partial charge in [-0.2, -0.15) is 0 Å². The molecule has 1 fully saturated rings. The third-order valence-electron chi connectivity index (χ3n) is 4.01. The van der Waals surface area contributed by atoms with Gasteiger partial charge in [0.1, 0.15) is 0 Å². The highest BCUT2D eigenvalue weighted by molar-refractivity contribution is 4.91. The van der Waals surface area contributed by atoms with E-state index in [4.69, 9.17) is 0 Å². The first-order valence-electron chi connectivity index (χ1n) is 6.38. The molecule has 96 valence electrons. The van der Waals surface area contributed by atoms with E-state index >= 15 is 0 Å². The summed E-state index contributed by atoms with van der Waals surface area (Å²) >= 11 is 0. The third kappa shape index (κ3) is 4.04. The maximum absolute atomic E-state index is 10.4. The van der Waals surface area contributed by atoms with Crippen LogP contribution in [-0.2, 0) is 0 Å². The van der Waals surface area contributed by atoms with Crippen LogP contribution >= 0.6 is 0 Å². The third-order valence-corrected chi connectivity index (χ3v) is 4.01. The van der Waals surface area contributed by atoms with Crippen LogP contribution in [-0.4, -0.2) is 34.5 Å². The summed E-state index contributed by atoms with van der Waals surface area (Å²) in [7, 11) is 0. The summed E-state index contributed by atoms with van der Waals surface area (Å²) < 4.78 is 0. The van der Waals surface area contributed by atoms with Crippen molar-refractivity contribution >= 4 is 0 Å². The molecule has 0 aromatic rings. The van der Waals surface area contributed by atoms with E-state index < -0.39 is 5.60 Å². The fourth-order valence-corrected chi connectivity index (χ4v) is 2.09. The monoisotopic (exact) mass is 229 g/mol. The van der Waals surface area contributed by atoms with E-state index in [9.17, 15) is 10.2 Å². The average molecular weight is 229 g/mol. The molecule has 0 aromatic heterocycles. The van der Waals surface area contributed by atoms with E-state index in [-0.39, 0.29) is 12.1 Å². The molecular formula is C13H27NO2. The van der Waals surface area contributed by atoms with Crippen molar-refractivity contribution in [1.82, 2.24) is 5.32 Å². The van der Waals surface area contributed by atoms with E-state index in [1.54, 1.807) is 6.92 Å². The minimum Gasteiger partial charge on any atom is -0.392 e. The number of aliphatic hydroxyl groups is 2. The van der Waals surface area contributed by atoms with Crippen LogP contribution in [0.1, 0.15) is 53.4 Å². The van der Waals surface area contributed by atoms with Crippen LogP contribution in [0.5, 0.6) is 0 Å². The van der Waals surface area contributed by atoms with Gasteiger partial charge in [0, 0.05) is 12.6 Å². The maximum Gasteiger partial charge on any atom is 0.0772 e. The molecule has 0 aromatic carbocycles. The summed E-state index contributed by atoms with van der Waals surface area (Å²) in [5, 5.41) is 23.0. The highest BCUT2D eigenvalue weighted by atomic mass is 16.3. The standard InChI is InChI=1S/C13H27NO2/c1-10(11(2)15)14-9-13(16)7-5-12(3,4)6-8-13/h10-11,14-16H,5-9H2,1-4H3. The first kappa shape index (κ1) is 13.9. The van der Waals surface area contributed by atoms with Crippen LogP contribution in [0.15, 0.2) is 0 Å². The average Bonchev–Trinajstić information content (AvgIpc) is 2.20. The largest absolute Gasteiger partial charge is 0.392 e. The van der Waals surface area contributed by atoms with Crippen LogP contribution in [0.3, 0.4) is 0 Å². The summed E-state index contributed by atoms with van der Waals surface area (Å²) in [5.74, 6) is 0. The molecule has 0 spiro atoms. The predicted molar refractivity (Wildman–Crippen MR) is 66.3 cm³/mol. The molecule has 3 heteroatoms. The molecule has 1 aliphatic rings. The molecule has 0 saturated heterocycles. The van der Waals surface area contributed by atoms with Crippen molar-refractivity contribution in [3.63, 3.8) is 0 Å². The van der Waals surface area contributed by atoms with Crippen LogP contribution in [0.25, 0.3) is 0 Å². The van der Waals surface area contributed by atoms with Gasteiger partial charge in [-0.25, -0.2) is 0 Å². The predicted octanol–water partition coefficient (Wildman–Crippen LogP) is 1.68. The normalized spacial score (nSPS) is 27.4. The molecular weight excluding hydrogens is 202 g/mol. The number of nitrogens with one attached hydrogen (secondary N) is 1. The molecule has 0 heterocycles. The smallest absolute Gasteiger partial charge is 0.0772 e. The zero-order chi connectivity index (χ0) is 12.4. The lowest BCUT2D eigenvalue weighted by Gasteiger charge is -2.41. The van der Waals surface area contributed by atoms with Gasteiger partial charge in [-0.1, -0.05) is 13.8 Å². The van der Waals surface area contributed by atoms with Crippen molar-refractivity contribution in [1.29, 1.82) is 0 Å². The molecule has 3 N–H and O–H groups in total. The lowest BCUT2D eigenvalue weighted by molar-refractivity contribution is -0.0283. The fourth-order valence-electron chi connectivity index (χ4n) is 2.09. The molecule has 0 aliphatic heterocycles. The van der Waals surface area contributed by atoms with Crippen molar-refractivity contribution in [2.24, 2.45) is 5.41 Å². The van der Waals surface area contributed by atoms with Gasteiger partial charge in [0.05, 0.1) is 11.7 Å². The van der Waals surface area contributed by atoms with Crippen molar-refractivity contribution < 1.29 is 10.2 Å². The maximum atomic E-state index is 10.4. The molecule has 0 bridgehead atoms. The second-order valence-corrected chi connectivity index (χ2v) is 6.30. The Kier molecular flexibility index (Phi) is 4.38. The second kappa shape index (κ2) is 5.03. The molecule has 0 radical (unpaired) electrons. The summed E-state index contributed by atoms with van der Waals surface area (Å²) in [6.07, 6.45) is 3.50. The zero-order valence-corrected chi connectivity index (χ0v) is 11.1. The Balaban J connectivity index is 2.37.